The summed E-state index contributed by atoms with van der Waals surface area (Å²) in [6.07, 6.45) is 5.16. The van der Waals surface area contributed by atoms with Gasteiger partial charge in [0.1, 0.15) is 11.9 Å². The summed E-state index contributed by atoms with van der Waals surface area (Å²) in [5, 5.41) is 3.86. The number of amides is 1. The molecule has 0 N–H and O–H groups in total. The lowest BCUT2D eigenvalue weighted by Crippen LogP contribution is -2.53. The standard InChI is InChI=1S/C18H21N3O4/c1-12-10-14(20-25-12)18(22)21-8-9-23-17-15(21)2-3-16(17)24-11-13-4-6-19-7-5-13/h4-7,10,15-17H,2-3,8-9,11H2,1H3/t15-,16-,17+/m0/s1. The Balaban J connectivity index is 1.42. The minimum Gasteiger partial charge on any atom is -0.372 e. The Morgan fingerprint density at radius 2 is 2.20 bits per heavy atom. The van der Waals surface area contributed by atoms with Crippen molar-refractivity contribution >= 4 is 5.91 Å². The second kappa shape index (κ2) is 6.93. The molecule has 1 aliphatic heterocycles. The van der Waals surface area contributed by atoms with Crippen LogP contribution in [0.5, 0.6) is 0 Å². The topological polar surface area (TPSA) is 77.7 Å². The van der Waals surface area contributed by atoms with E-state index in [0.29, 0.717) is 31.2 Å². The SMILES string of the molecule is Cc1cc(C(=O)N2CCO[C@H]3[C@@H](OCc4ccncc4)CC[C@@H]32)no1. The predicted molar refractivity (Wildman–Crippen MR) is 87.9 cm³/mol. The van der Waals surface area contributed by atoms with E-state index in [-0.39, 0.29) is 24.2 Å². The van der Waals surface area contributed by atoms with E-state index in [0.717, 1.165) is 18.4 Å². The van der Waals surface area contributed by atoms with Crippen molar-refractivity contribution in [3.05, 3.63) is 47.6 Å². The zero-order valence-corrected chi connectivity index (χ0v) is 14.1. The maximum Gasteiger partial charge on any atom is 0.276 e. The fraction of sp³-hybridized carbons (Fsp3) is 0.500. The third-order valence-corrected chi connectivity index (χ3v) is 4.86. The van der Waals surface area contributed by atoms with Crippen molar-refractivity contribution in [3.8, 4) is 0 Å². The van der Waals surface area contributed by atoms with Crippen molar-refractivity contribution in [2.45, 2.75) is 44.6 Å². The molecule has 0 radical (unpaired) electrons. The molecule has 0 spiro atoms. The van der Waals surface area contributed by atoms with Crippen molar-refractivity contribution in [2.24, 2.45) is 0 Å². The normalized spacial score (nSPS) is 25.8. The van der Waals surface area contributed by atoms with Crippen LogP contribution in [0.4, 0.5) is 0 Å². The van der Waals surface area contributed by atoms with Crippen LogP contribution in [-0.2, 0) is 16.1 Å². The van der Waals surface area contributed by atoms with E-state index in [4.69, 9.17) is 14.0 Å². The summed E-state index contributed by atoms with van der Waals surface area (Å²) in [5.41, 5.74) is 1.44. The number of hydrogen-bond donors (Lipinski definition) is 0. The summed E-state index contributed by atoms with van der Waals surface area (Å²) in [5.74, 6) is 0.545. The van der Waals surface area contributed by atoms with Gasteiger partial charge in [-0.15, -0.1) is 0 Å². The number of fused-ring (bicyclic) bond motifs is 1. The second-order valence-electron chi connectivity index (χ2n) is 6.51. The van der Waals surface area contributed by atoms with Crippen molar-refractivity contribution in [1.29, 1.82) is 0 Å². The van der Waals surface area contributed by atoms with Crippen LogP contribution in [0.3, 0.4) is 0 Å². The highest BCUT2D eigenvalue weighted by Gasteiger charge is 2.45. The molecule has 1 aliphatic carbocycles. The number of ether oxygens (including phenoxy) is 2. The van der Waals surface area contributed by atoms with Crippen molar-refractivity contribution in [1.82, 2.24) is 15.0 Å². The highest BCUT2D eigenvalue weighted by molar-refractivity contribution is 5.92. The molecule has 1 amide bonds. The molecular weight excluding hydrogens is 322 g/mol. The van der Waals surface area contributed by atoms with Gasteiger partial charge >= 0.3 is 0 Å². The van der Waals surface area contributed by atoms with Crippen LogP contribution < -0.4 is 0 Å². The zero-order chi connectivity index (χ0) is 17.2. The van der Waals surface area contributed by atoms with Gasteiger partial charge in [-0.3, -0.25) is 9.78 Å². The lowest BCUT2D eigenvalue weighted by atomic mass is 10.1. The maximum atomic E-state index is 12.7. The Kier molecular flexibility index (Phi) is 4.50. The summed E-state index contributed by atoms with van der Waals surface area (Å²) in [6, 6.07) is 5.59. The summed E-state index contributed by atoms with van der Waals surface area (Å²) >= 11 is 0. The number of hydrogen-bond acceptors (Lipinski definition) is 6. The first-order chi connectivity index (χ1) is 12.2. The van der Waals surface area contributed by atoms with Crippen LogP contribution in [0.1, 0.15) is 34.7 Å². The van der Waals surface area contributed by atoms with Crippen molar-refractivity contribution in [3.63, 3.8) is 0 Å². The maximum absolute atomic E-state index is 12.7. The zero-order valence-electron chi connectivity index (χ0n) is 14.1. The number of pyridine rings is 1. The van der Waals surface area contributed by atoms with Gasteiger partial charge < -0.3 is 18.9 Å². The number of rotatable bonds is 4. The number of aromatic nitrogens is 2. The van der Waals surface area contributed by atoms with Gasteiger partial charge in [0, 0.05) is 25.0 Å². The summed E-state index contributed by atoms with van der Waals surface area (Å²) < 4.78 is 17.1. The molecule has 132 valence electrons. The van der Waals surface area contributed by atoms with Crippen LogP contribution in [0.15, 0.2) is 35.1 Å². The Labute approximate surface area is 145 Å². The van der Waals surface area contributed by atoms with Crippen LogP contribution in [0.25, 0.3) is 0 Å². The monoisotopic (exact) mass is 343 g/mol. The molecule has 2 fully saturated rings. The molecule has 7 heteroatoms. The molecule has 0 bridgehead atoms. The van der Waals surface area contributed by atoms with Gasteiger partial charge in [-0.25, -0.2) is 0 Å². The first-order valence-electron chi connectivity index (χ1n) is 8.59. The smallest absolute Gasteiger partial charge is 0.276 e. The van der Waals surface area contributed by atoms with Gasteiger partial charge in [-0.05, 0) is 37.5 Å². The van der Waals surface area contributed by atoms with Crippen molar-refractivity contribution < 1.29 is 18.8 Å². The highest BCUT2D eigenvalue weighted by Crippen LogP contribution is 2.33. The second-order valence-corrected chi connectivity index (χ2v) is 6.51. The Morgan fingerprint density at radius 1 is 1.36 bits per heavy atom. The van der Waals surface area contributed by atoms with Crippen LogP contribution in [0.2, 0.25) is 0 Å². The third kappa shape index (κ3) is 3.29. The molecule has 0 aromatic carbocycles. The van der Waals surface area contributed by atoms with Crippen molar-refractivity contribution in [2.75, 3.05) is 13.2 Å². The number of carbonyl (C=O) groups is 1. The van der Waals surface area contributed by atoms with Crippen LogP contribution in [0, 0.1) is 6.92 Å². The lowest BCUT2D eigenvalue weighted by molar-refractivity contribution is -0.108. The molecule has 0 unspecified atom stereocenters. The molecule has 25 heavy (non-hydrogen) atoms. The predicted octanol–water partition coefficient (Wildman–Crippen LogP) is 1.97. The summed E-state index contributed by atoms with van der Waals surface area (Å²) in [4.78, 5) is 18.6. The Bertz CT molecular complexity index is 733. The van der Waals surface area contributed by atoms with E-state index in [9.17, 15) is 4.79 Å². The van der Waals surface area contributed by atoms with Crippen LogP contribution >= 0.6 is 0 Å². The van der Waals surface area contributed by atoms with E-state index in [2.05, 4.69) is 10.1 Å². The molecule has 7 nitrogen and oxygen atoms in total. The Hall–Kier alpha value is -2.25. The van der Waals surface area contributed by atoms with Gasteiger partial charge in [0.25, 0.3) is 5.91 Å². The molecule has 3 atom stereocenters. The highest BCUT2D eigenvalue weighted by atomic mass is 16.5. The molecular formula is C18H21N3O4. The molecule has 2 aromatic heterocycles. The lowest BCUT2D eigenvalue weighted by Gasteiger charge is -2.38. The van der Waals surface area contributed by atoms with E-state index in [1.807, 2.05) is 17.0 Å². The van der Waals surface area contributed by atoms with Gasteiger partial charge in [0.05, 0.1) is 25.4 Å². The largest absolute Gasteiger partial charge is 0.372 e. The van der Waals surface area contributed by atoms with Gasteiger partial charge in [0.2, 0.25) is 0 Å². The van der Waals surface area contributed by atoms with E-state index in [1.54, 1.807) is 25.4 Å². The van der Waals surface area contributed by atoms with E-state index >= 15 is 0 Å². The molecule has 1 saturated heterocycles. The summed E-state index contributed by atoms with van der Waals surface area (Å²) in [7, 11) is 0. The van der Waals surface area contributed by atoms with E-state index in [1.165, 1.54) is 0 Å². The number of aryl methyl sites for hydroxylation is 1. The fourth-order valence-corrected chi connectivity index (χ4v) is 3.64. The minimum absolute atomic E-state index is 0.00666. The molecule has 2 aliphatic rings. The first-order valence-corrected chi connectivity index (χ1v) is 8.59. The molecule has 1 saturated carbocycles. The minimum atomic E-state index is -0.0927. The molecule has 2 aromatic rings. The molecule has 3 heterocycles. The number of morpholine rings is 1. The average molecular weight is 343 g/mol. The quantitative estimate of drug-likeness (QED) is 0.845. The van der Waals surface area contributed by atoms with Crippen LogP contribution in [-0.4, -0.2) is 52.3 Å². The average Bonchev–Trinajstić information content (AvgIpc) is 3.26. The van der Waals surface area contributed by atoms with E-state index < -0.39 is 0 Å². The van der Waals surface area contributed by atoms with Gasteiger partial charge in [-0.2, -0.15) is 0 Å². The third-order valence-electron chi connectivity index (χ3n) is 4.86. The number of carbonyl (C=O) groups excluding carboxylic acids is 1. The fourth-order valence-electron chi connectivity index (χ4n) is 3.64. The molecule has 4 rings (SSSR count). The van der Waals surface area contributed by atoms with Gasteiger partial charge in [0.15, 0.2) is 5.69 Å². The van der Waals surface area contributed by atoms with Gasteiger partial charge in [-0.1, -0.05) is 5.16 Å². The number of nitrogens with zero attached hydrogens (tertiary/aromatic N) is 3. The first kappa shape index (κ1) is 16.2. The summed E-state index contributed by atoms with van der Waals surface area (Å²) in [6.45, 7) is 3.39. The Morgan fingerprint density at radius 3 is 2.96 bits per heavy atom.